The number of nitrogens with zero attached hydrogens (tertiary/aromatic N) is 2. The van der Waals surface area contributed by atoms with Crippen molar-refractivity contribution in [2.45, 2.75) is 372 Å². The Hall–Kier alpha value is -1.26. The van der Waals surface area contributed by atoms with Crippen molar-refractivity contribution < 1.29 is 39.6 Å². The number of aliphatic hydroxyl groups is 4. The van der Waals surface area contributed by atoms with E-state index >= 15 is 0 Å². The summed E-state index contributed by atoms with van der Waals surface area (Å²) in [4.78, 5) is 57.0. The number of thioether (sulfide) groups is 2. The Bertz CT molecular complexity index is 1450. The number of carbonyl (C=O) groups is 4. The summed E-state index contributed by atoms with van der Waals surface area (Å²) in [6.45, 7) is 11.9. The minimum absolute atomic E-state index is 0.0412. The van der Waals surface area contributed by atoms with E-state index in [2.05, 4.69) is 43.2 Å². The van der Waals surface area contributed by atoms with Crippen LogP contribution in [0.3, 0.4) is 0 Å². The van der Waals surface area contributed by atoms with Crippen LogP contribution in [0.25, 0.3) is 0 Å². The Morgan fingerprint density at radius 2 is 0.583 bits per heavy atom. The van der Waals surface area contributed by atoms with Gasteiger partial charge in [-0.3, -0.25) is 29.0 Å². The zero-order valence-electron chi connectivity index (χ0n) is 55.2. The Balaban J connectivity index is 2.59. The van der Waals surface area contributed by atoms with Gasteiger partial charge in [0.2, 0.25) is 11.8 Å². The lowest BCUT2D eigenvalue weighted by Crippen LogP contribution is -2.63. The largest absolute Gasteiger partial charge is 0.392 e. The van der Waals surface area contributed by atoms with Crippen LogP contribution in [0.4, 0.5) is 0 Å². The number of hydrogen-bond donors (Lipinski definition) is 6. The topological polar surface area (TPSA) is 180 Å². The molecule has 0 spiro atoms. The lowest BCUT2D eigenvalue weighted by atomic mass is 10.0. The maximum Gasteiger partial charge on any atom is 0.244 e. The standard InChI is InChI=1S/C70H136N4O8S2/c1-5-9-13-17-21-25-29-33-37-41-47-61(75)55-73(56-62(76)48-42-38-34-30-26-22-18-14-10-6-2)53-46-45-51-67(79)83-59-65-69(81)72-66(70(82)71-65)60-84-68(80)52-54-74(57-63(77)49-43-39-35-31-27-23-19-15-11-7-3)58-64(78)50-44-40-36-32-28-24-20-16-12-8-4/h61-66,75-78H,5-60H2,1-4H3,(H,71,82)(H,72,81). The Labute approximate surface area is 526 Å². The molecule has 6 atom stereocenters. The highest BCUT2D eigenvalue weighted by molar-refractivity contribution is 8.13. The van der Waals surface area contributed by atoms with E-state index in [1.54, 1.807) is 0 Å². The third kappa shape index (κ3) is 50.6. The van der Waals surface area contributed by atoms with Crippen LogP contribution in [-0.4, -0.2) is 140 Å². The van der Waals surface area contributed by atoms with E-state index in [1.807, 2.05) is 4.90 Å². The monoisotopic (exact) mass is 1220 g/mol. The summed E-state index contributed by atoms with van der Waals surface area (Å²) >= 11 is 2.08. The van der Waals surface area contributed by atoms with Crippen molar-refractivity contribution in [2.75, 3.05) is 50.8 Å². The quantitative estimate of drug-likeness (QED) is 0.0318. The number of nitrogens with one attached hydrogen (secondary N) is 2. The number of amides is 2. The van der Waals surface area contributed by atoms with Crippen LogP contribution in [-0.2, 0) is 19.2 Å². The molecule has 1 saturated heterocycles. The molecule has 0 radical (unpaired) electrons. The summed E-state index contributed by atoms with van der Waals surface area (Å²) in [5.41, 5.74) is 0. The van der Waals surface area contributed by atoms with Gasteiger partial charge in [-0.1, -0.05) is 308 Å². The Kier molecular flexibility index (Phi) is 57.1. The van der Waals surface area contributed by atoms with E-state index < -0.39 is 36.5 Å². The van der Waals surface area contributed by atoms with Gasteiger partial charge in [0.25, 0.3) is 0 Å². The average Bonchev–Trinajstić information content (AvgIpc) is 3.67. The number of hydrogen-bond acceptors (Lipinski definition) is 12. The summed E-state index contributed by atoms with van der Waals surface area (Å²) < 4.78 is 0. The first kappa shape index (κ1) is 80.8. The molecule has 0 aliphatic carbocycles. The van der Waals surface area contributed by atoms with Crippen LogP contribution in [0, 0.1) is 0 Å². The van der Waals surface area contributed by atoms with Crippen molar-refractivity contribution in [1.82, 2.24) is 20.4 Å². The SMILES string of the molecule is CCCCCCCCCCCCC(O)CN(CCCCC(=O)SCC1NC(=O)C(CSC(=O)CCN(CC(O)CCCCCCCCCCCC)CC(O)CCCCCCCCCCCC)NC1=O)CC(O)CCCCCCCCCCCC. The van der Waals surface area contributed by atoms with Crippen LogP contribution >= 0.6 is 23.5 Å². The second-order valence-electron chi connectivity index (χ2n) is 25.7. The van der Waals surface area contributed by atoms with Gasteiger partial charge >= 0.3 is 0 Å². The molecule has 12 nitrogen and oxygen atoms in total. The van der Waals surface area contributed by atoms with E-state index in [1.165, 1.54) is 205 Å². The van der Waals surface area contributed by atoms with Crippen molar-refractivity contribution in [3.63, 3.8) is 0 Å². The molecular formula is C70H136N4O8S2. The molecule has 0 bridgehead atoms. The van der Waals surface area contributed by atoms with E-state index in [-0.39, 0.29) is 40.0 Å². The molecule has 84 heavy (non-hydrogen) atoms. The van der Waals surface area contributed by atoms with E-state index in [9.17, 15) is 39.6 Å². The van der Waals surface area contributed by atoms with Crippen LogP contribution in [0.2, 0.25) is 0 Å². The van der Waals surface area contributed by atoms with E-state index in [0.717, 1.165) is 94.2 Å². The normalized spacial score (nSPS) is 16.1. The molecule has 6 N–H and O–H groups in total. The highest BCUT2D eigenvalue weighted by atomic mass is 32.2. The van der Waals surface area contributed by atoms with Crippen LogP contribution < -0.4 is 10.6 Å². The summed E-state index contributed by atoms with van der Waals surface area (Å²) in [7, 11) is 0. The van der Waals surface area contributed by atoms with Gasteiger partial charge in [-0.25, -0.2) is 0 Å². The fraction of sp³-hybridized carbons (Fsp3) is 0.943. The van der Waals surface area contributed by atoms with Gasteiger partial charge < -0.3 is 31.1 Å². The first-order chi connectivity index (χ1) is 40.9. The fourth-order valence-corrected chi connectivity index (χ4v) is 13.5. The maximum atomic E-state index is 13.3. The van der Waals surface area contributed by atoms with Crippen molar-refractivity contribution in [2.24, 2.45) is 0 Å². The molecule has 0 aromatic rings. The predicted octanol–water partition coefficient (Wildman–Crippen LogP) is 16.3. The molecule has 0 aromatic heterocycles. The third-order valence-corrected chi connectivity index (χ3v) is 19.3. The van der Waals surface area contributed by atoms with Crippen molar-refractivity contribution in [3.05, 3.63) is 0 Å². The molecule has 1 fully saturated rings. The molecule has 0 saturated carbocycles. The summed E-state index contributed by atoms with van der Waals surface area (Å²) in [6.07, 6.45) is 52.7. The average molecular weight is 1230 g/mol. The second-order valence-corrected chi connectivity index (χ2v) is 27.9. The van der Waals surface area contributed by atoms with Crippen LogP contribution in [0.5, 0.6) is 0 Å². The molecular weight excluding hydrogens is 1090 g/mol. The van der Waals surface area contributed by atoms with Crippen LogP contribution in [0.15, 0.2) is 0 Å². The Morgan fingerprint density at radius 3 is 0.857 bits per heavy atom. The number of piperazine rings is 1. The molecule has 6 unspecified atom stereocenters. The number of unbranched alkanes of at least 4 members (excludes halogenated alkanes) is 37. The number of rotatable bonds is 64. The highest BCUT2D eigenvalue weighted by Crippen LogP contribution is 2.20. The molecule has 1 aliphatic rings. The molecule has 14 heteroatoms. The molecule has 1 aliphatic heterocycles. The Morgan fingerprint density at radius 1 is 0.345 bits per heavy atom. The summed E-state index contributed by atoms with van der Waals surface area (Å²) in [5.74, 6) is -0.508. The van der Waals surface area contributed by atoms with Gasteiger partial charge in [0.05, 0.1) is 24.4 Å². The zero-order valence-corrected chi connectivity index (χ0v) is 56.8. The molecule has 1 heterocycles. The van der Waals surface area contributed by atoms with Gasteiger partial charge in [0, 0.05) is 57.1 Å². The second kappa shape index (κ2) is 59.4. The fourth-order valence-electron chi connectivity index (χ4n) is 11.8. The van der Waals surface area contributed by atoms with Crippen LogP contribution in [0.1, 0.15) is 336 Å². The number of aliphatic hydroxyl groups excluding tert-OH is 4. The van der Waals surface area contributed by atoms with Crippen molar-refractivity contribution in [3.8, 4) is 0 Å². The van der Waals surface area contributed by atoms with Crippen molar-refractivity contribution in [1.29, 1.82) is 0 Å². The molecule has 496 valence electrons. The zero-order chi connectivity index (χ0) is 61.4. The first-order valence-electron chi connectivity index (χ1n) is 36.0. The summed E-state index contributed by atoms with van der Waals surface area (Å²) in [5, 5.41) is 49.8. The van der Waals surface area contributed by atoms with Gasteiger partial charge in [-0.15, -0.1) is 0 Å². The first-order valence-corrected chi connectivity index (χ1v) is 38.0. The predicted molar refractivity (Wildman–Crippen MR) is 360 cm³/mol. The molecule has 0 aromatic carbocycles. The maximum absolute atomic E-state index is 13.3. The highest BCUT2D eigenvalue weighted by Gasteiger charge is 2.34. The third-order valence-electron chi connectivity index (χ3n) is 17.3. The number of carbonyl (C=O) groups excluding carboxylic acids is 4. The van der Waals surface area contributed by atoms with Gasteiger partial charge in [-0.05, 0) is 45.1 Å². The van der Waals surface area contributed by atoms with E-state index in [0.29, 0.717) is 65.0 Å². The minimum Gasteiger partial charge on any atom is -0.392 e. The lowest BCUT2D eigenvalue weighted by Gasteiger charge is -2.29. The van der Waals surface area contributed by atoms with E-state index in [4.69, 9.17) is 0 Å². The lowest BCUT2D eigenvalue weighted by molar-refractivity contribution is -0.135. The molecule has 2 amide bonds. The van der Waals surface area contributed by atoms with Gasteiger partial charge in [0.15, 0.2) is 10.2 Å². The smallest absolute Gasteiger partial charge is 0.244 e. The molecule has 1 rings (SSSR count). The minimum atomic E-state index is -0.866. The van der Waals surface area contributed by atoms with Gasteiger partial charge in [0.1, 0.15) is 12.1 Å². The summed E-state index contributed by atoms with van der Waals surface area (Å²) in [6, 6.07) is -1.71. The van der Waals surface area contributed by atoms with Gasteiger partial charge in [-0.2, -0.15) is 0 Å². The van der Waals surface area contributed by atoms with Crippen molar-refractivity contribution >= 4 is 45.6 Å².